The average Bonchev–Trinajstić information content (AvgIpc) is 2.66. The molecule has 0 aromatic rings. The van der Waals surface area contributed by atoms with E-state index in [2.05, 4.69) is 27.7 Å². The number of fused-ring (bicyclic) bond motifs is 2. The van der Waals surface area contributed by atoms with Gasteiger partial charge in [-0.05, 0) is 31.1 Å². The minimum Gasteiger partial charge on any atom is -0.458 e. The summed E-state index contributed by atoms with van der Waals surface area (Å²) < 4.78 is 11.0. The van der Waals surface area contributed by atoms with Gasteiger partial charge >= 0.3 is 11.9 Å². The number of hydrogen-bond donors (Lipinski definition) is 0. The standard InChI is InChI=1S/C16H26O4/c1-9(2)7-12(10(3)4)16(18)19-13-6-5-11-8-14(13)20-15(11)17/h9-14H,5-8H2,1-4H3. The topological polar surface area (TPSA) is 52.6 Å². The molecule has 114 valence electrons. The molecule has 0 amide bonds. The van der Waals surface area contributed by atoms with Gasteiger partial charge in [-0.1, -0.05) is 27.7 Å². The van der Waals surface area contributed by atoms with Crippen LogP contribution in [0.25, 0.3) is 0 Å². The monoisotopic (exact) mass is 282 g/mol. The van der Waals surface area contributed by atoms with E-state index in [1.165, 1.54) is 0 Å². The molecule has 1 heterocycles. The van der Waals surface area contributed by atoms with Gasteiger partial charge in [0.15, 0.2) is 0 Å². The van der Waals surface area contributed by atoms with E-state index in [0.29, 0.717) is 12.3 Å². The molecule has 2 rings (SSSR count). The van der Waals surface area contributed by atoms with Crippen molar-refractivity contribution in [3.8, 4) is 0 Å². The summed E-state index contributed by atoms with van der Waals surface area (Å²) in [6.45, 7) is 8.35. The van der Waals surface area contributed by atoms with Crippen molar-refractivity contribution in [2.45, 2.75) is 65.6 Å². The lowest BCUT2D eigenvalue weighted by Crippen LogP contribution is -2.36. The Balaban J connectivity index is 1.94. The van der Waals surface area contributed by atoms with Crippen LogP contribution in [0.3, 0.4) is 0 Å². The summed E-state index contributed by atoms with van der Waals surface area (Å²) in [7, 11) is 0. The Morgan fingerprint density at radius 2 is 2.00 bits per heavy atom. The van der Waals surface area contributed by atoms with Crippen LogP contribution in [-0.4, -0.2) is 24.1 Å². The van der Waals surface area contributed by atoms with Crippen LogP contribution < -0.4 is 0 Å². The van der Waals surface area contributed by atoms with E-state index < -0.39 is 0 Å². The highest BCUT2D eigenvalue weighted by Gasteiger charge is 2.45. The molecule has 2 bridgehead atoms. The van der Waals surface area contributed by atoms with Crippen molar-refractivity contribution >= 4 is 11.9 Å². The number of carbonyl (C=O) groups excluding carboxylic acids is 2. The van der Waals surface area contributed by atoms with Crippen molar-refractivity contribution in [2.75, 3.05) is 0 Å². The number of ether oxygens (including phenoxy) is 2. The molecule has 1 saturated heterocycles. The van der Waals surface area contributed by atoms with E-state index in [1.54, 1.807) is 0 Å². The molecular formula is C16H26O4. The van der Waals surface area contributed by atoms with Crippen LogP contribution >= 0.6 is 0 Å². The molecule has 0 N–H and O–H groups in total. The van der Waals surface area contributed by atoms with E-state index in [1.807, 2.05) is 0 Å². The maximum atomic E-state index is 12.4. The van der Waals surface area contributed by atoms with E-state index in [9.17, 15) is 9.59 Å². The molecule has 0 aromatic carbocycles. The third kappa shape index (κ3) is 3.33. The summed E-state index contributed by atoms with van der Waals surface area (Å²) in [5.74, 6) is 0.468. The number of carbonyl (C=O) groups is 2. The quantitative estimate of drug-likeness (QED) is 0.727. The molecule has 4 nitrogen and oxygen atoms in total. The summed E-state index contributed by atoms with van der Waals surface area (Å²) in [5.41, 5.74) is 0. The minimum atomic E-state index is -0.237. The molecular weight excluding hydrogens is 256 g/mol. The molecule has 2 fully saturated rings. The van der Waals surface area contributed by atoms with E-state index in [-0.39, 0.29) is 41.9 Å². The summed E-state index contributed by atoms with van der Waals surface area (Å²) in [6.07, 6.45) is 2.64. The van der Waals surface area contributed by atoms with Crippen molar-refractivity contribution in [3.05, 3.63) is 0 Å². The molecule has 0 radical (unpaired) electrons. The van der Waals surface area contributed by atoms with Gasteiger partial charge in [0.05, 0.1) is 11.8 Å². The third-order valence-electron chi connectivity index (χ3n) is 4.43. The first-order valence-corrected chi connectivity index (χ1v) is 7.79. The predicted molar refractivity (Wildman–Crippen MR) is 74.9 cm³/mol. The number of esters is 2. The van der Waals surface area contributed by atoms with Crippen LogP contribution in [0.2, 0.25) is 0 Å². The smallest absolute Gasteiger partial charge is 0.309 e. The summed E-state index contributed by atoms with van der Waals surface area (Å²) >= 11 is 0. The van der Waals surface area contributed by atoms with Crippen LogP contribution in [0.5, 0.6) is 0 Å². The van der Waals surface area contributed by atoms with Crippen LogP contribution in [0.4, 0.5) is 0 Å². The molecule has 4 atom stereocenters. The molecule has 2 aliphatic rings. The first-order valence-electron chi connectivity index (χ1n) is 7.79. The molecule has 4 heteroatoms. The van der Waals surface area contributed by atoms with E-state index in [4.69, 9.17) is 9.47 Å². The lowest BCUT2D eigenvalue weighted by Gasteiger charge is -2.29. The fraction of sp³-hybridized carbons (Fsp3) is 0.875. The Hall–Kier alpha value is -1.06. The van der Waals surface area contributed by atoms with Crippen LogP contribution in [0.15, 0.2) is 0 Å². The van der Waals surface area contributed by atoms with Gasteiger partial charge in [0.1, 0.15) is 12.2 Å². The van der Waals surface area contributed by atoms with Gasteiger partial charge < -0.3 is 9.47 Å². The maximum absolute atomic E-state index is 12.4. The van der Waals surface area contributed by atoms with Gasteiger partial charge in [-0.15, -0.1) is 0 Å². The Morgan fingerprint density at radius 1 is 1.30 bits per heavy atom. The highest BCUT2D eigenvalue weighted by molar-refractivity contribution is 5.76. The Kier molecular flexibility index (Phi) is 4.71. The van der Waals surface area contributed by atoms with Gasteiger partial charge in [-0.25, -0.2) is 0 Å². The van der Waals surface area contributed by atoms with Crippen molar-refractivity contribution in [2.24, 2.45) is 23.7 Å². The molecule has 20 heavy (non-hydrogen) atoms. The van der Waals surface area contributed by atoms with Crippen molar-refractivity contribution in [1.29, 1.82) is 0 Å². The zero-order chi connectivity index (χ0) is 14.9. The Bertz CT molecular complexity index is 375. The van der Waals surface area contributed by atoms with Crippen molar-refractivity contribution < 1.29 is 19.1 Å². The molecule has 1 aliphatic heterocycles. The van der Waals surface area contributed by atoms with Crippen molar-refractivity contribution in [1.82, 2.24) is 0 Å². The molecule has 1 aliphatic carbocycles. The second kappa shape index (κ2) is 6.15. The van der Waals surface area contributed by atoms with E-state index >= 15 is 0 Å². The van der Waals surface area contributed by atoms with Gasteiger partial charge in [0.2, 0.25) is 0 Å². The van der Waals surface area contributed by atoms with Crippen LogP contribution in [0, 0.1) is 23.7 Å². The summed E-state index contributed by atoms with van der Waals surface area (Å²) in [4.78, 5) is 23.9. The summed E-state index contributed by atoms with van der Waals surface area (Å²) in [5, 5.41) is 0. The van der Waals surface area contributed by atoms with Gasteiger partial charge in [0, 0.05) is 6.42 Å². The SMILES string of the molecule is CC(C)CC(C(=O)OC1CCC2CC1OC2=O)C(C)C. The molecule has 4 unspecified atom stereocenters. The normalized spacial score (nSPS) is 30.5. The summed E-state index contributed by atoms with van der Waals surface area (Å²) in [6, 6.07) is 0. The first kappa shape index (κ1) is 15.3. The second-order valence-electron chi connectivity index (χ2n) is 6.94. The lowest BCUT2D eigenvalue weighted by atomic mass is 9.86. The van der Waals surface area contributed by atoms with Gasteiger partial charge in [0.25, 0.3) is 0 Å². The highest BCUT2D eigenvalue weighted by atomic mass is 16.6. The average molecular weight is 282 g/mol. The molecule has 0 aromatic heterocycles. The fourth-order valence-corrected chi connectivity index (χ4v) is 3.20. The van der Waals surface area contributed by atoms with Crippen molar-refractivity contribution in [3.63, 3.8) is 0 Å². The zero-order valence-electron chi connectivity index (χ0n) is 12.9. The predicted octanol–water partition coefficient (Wildman–Crippen LogP) is 2.94. The number of hydrogen-bond acceptors (Lipinski definition) is 4. The fourth-order valence-electron chi connectivity index (χ4n) is 3.20. The Morgan fingerprint density at radius 3 is 2.60 bits per heavy atom. The maximum Gasteiger partial charge on any atom is 0.309 e. The van der Waals surface area contributed by atoms with Gasteiger partial charge in [-0.2, -0.15) is 0 Å². The van der Waals surface area contributed by atoms with Crippen LogP contribution in [0.1, 0.15) is 53.4 Å². The first-order chi connectivity index (χ1) is 9.38. The minimum absolute atomic E-state index is 0.0338. The largest absolute Gasteiger partial charge is 0.458 e. The molecule has 0 spiro atoms. The van der Waals surface area contributed by atoms with E-state index in [0.717, 1.165) is 19.3 Å². The van der Waals surface area contributed by atoms with Crippen LogP contribution in [-0.2, 0) is 19.1 Å². The zero-order valence-corrected chi connectivity index (χ0v) is 12.9. The third-order valence-corrected chi connectivity index (χ3v) is 4.43. The van der Waals surface area contributed by atoms with Gasteiger partial charge in [-0.3, -0.25) is 9.59 Å². The second-order valence-corrected chi connectivity index (χ2v) is 6.94. The Labute approximate surface area is 121 Å². The number of rotatable bonds is 5. The molecule has 1 saturated carbocycles. The lowest BCUT2D eigenvalue weighted by molar-refractivity contribution is -0.166. The highest BCUT2D eigenvalue weighted by Crippen LogP contribution is 2.36.